The molecule has 0 aliphatic rings. The first kappa shape index (κ1) is 17.7. The van der Waals surface area contributed by atoms with Gasteiger partial charge in [-0.15, -0.1) is 11.3 Å². The molecule has 2 N–H and O–H groups in total. The zero-order valence-electron chi connectivity index (χ0n) is 14.4. The van der Waals surface area contributed by atoms with E-state index in [1.807, 2.05) is 29.8 Å². The maximum absolute atomic E-state index is 12.2. The summed E-state index contributed by atoms with van der Waals surface area (Å²) in [6.07, 6.45) is 0. The molecular formula is C18H21N3O2S2. The fraction of sp³-hybridized carbons (Fsp3) is 0.278. The highest BCUT2D eigenvalue weighted by Crippen LogP contribution is 2.23. The highest BCUT2D eigenvalue weighted by molar-refractivity contribution is 7.94. The summed E-state index contributed by atoms with van der Waals surface area (Å²) in [6, 6.07) is 13.5. The maximum atomic E-state index is 12.2. The molecule has 0 unspecified atom stereocenters. The van der Waals surface area contributed by atoms with Crippen molar-refractivity contribution in [2.75, 3.05) is 10.0 Å². The highest BCUT2D eigenvalue weighted by Gasteiger charge is 2.28. The number of benzene rings is 2. The Kier molecular flexibility index (Phi) is 4.71. The van der Waals surface area contributed by atoms with Crippen LogP contribution in [0.3, 0.4) is 0 Å². The first-order valence-corrected chi connectivity index (χ1v) is 10.3. The molecule has 0 amide bonds. The number of nitrogens with one attached hydrogen (secondary N) is 2. The predicted octanol–water partition coefficient (Wildman–Crippen LogP) is 4.45. The Hall–Kier alpha value is -2.12. The second-order valence-corrected chi connectivity index (χ2v) is 10.1. The van der Waals surface area contributed by atoms with Crippen LogP contribution in [0.25, 0.3) is 10.2 Å². The normalized spacial score (nSPS) is 12.3. The van der Waals surface area contributed by atoms with Gasteiger partial charge in [-0.05, 0) is 56.7 Å². The summed E-state index contributed by atoms with van der Waals surface area (Å²) in [5.41, 5.74) is 5.48. The van der Waals surface area contributed by atoms with Crippen LogP contribution >= 0.6 is 11.3 Å². The number of hydrogen-bond donors (Lipinski definition) is 2. The average molecular weight is 376 g/mol. The Morgan fingerprint density at radius 3 is 2.40 bits per heavy atom. The first-order chi connectivity index (χ1) is 11.7. The number of thiazole rings is 1. The average Bonchev–Trinajstić information content (AvgIpc) is 3.00. The Balaban J connectivity index is 1.64. The van der Waals surface area contributed by atoms with E-state index in [0.29, 0.717) is 12.2 Å². The van der Waals surface area contributed by atoms with E-state index in [1.165, 1.54) is 4.70 Å². The third-order valence-corrected chi connectivity index (χ3v) is 6.77. The van der Waals surface area contributed by atoms with Gasteiger partial charge in [0.25, 0.3) is 0 Å². The highest BCUT2D eigenvalue weighted by atomic mass is 32.2. The number of hydrogen-bond acceptors (Lipinski definition) is 5. The monoisotopic (exact) mass is 375 g/mol. The Bertz CT molecular complexity index is 971. The van der Waals surface area contributed by atoms with E-state index in [0.717, 1.165) is 16.8 Å². The molecule has 7 heteroatoms. The fourth-order valence-electron chi connectivity index (χ4n) is 2.17. The number of sulfonamides is 1. The standard InChI is InChI=1S/C18H21N3O2S2/c1-18(2,3)25(22,23)21-14-6-4-13(5-7-14)11-19-15-8-9-17-16(10-15)20-12-24-17/h4-10,12,19,21H,11H2,1-3H3. The molecule has 25 heavy (non-hydrogen) atoms. The van der Waals surface area contributed by atoms with Crippen LogP contribution in [-0.4, -0.2) is 18.1 Å². The van der Waals surface area contributed by atoms with Crippen molar-refractivity contribution in [2.45, 2.75) is 32.1 Å². The quantitative estimate of drug-likeness (QED) is 0.691. The van der Waals surface area contributed by atoms with Crippen LogP contribution in [0.5, 0.6) is 0 Å². The van der Waals surface area contributed by atoms with Gasteiger partial charge in [0.1, 0.15) is 0 Å². The Morgan fingerprint density at radius 1 is 1.04 bits per heavy atom. The zero-order valence-corrected chi connectivity index (χ0v) is 16.0. The molecule has 5 nitrogen and oxygen atoms in total. The molecule has 0 radical (unpaired) electrons. The van der Waals surface area contributed by atoms with Crippen molar-refractivity contribution in [2.24, 2.45) is 0 Å². The molecule has 0 aliphatic heterocycles. The molecule has 1 aromatic heterocycles. The summed E-state index contributed by atoms with van der Waals surface area (Å²) in [6.45, 7) is 5.67. The van der Waals surface area contributed by atoms with Crippen molar-refractivity contribution < 1.29 is 8.42 Å². The summed E-state index contributed by atoms with van der Waals surface area (Å²) >= 11 is 1.62. The Labute approximate surface area is 152 Å². The van der Waals surface area contributed by atoms with Crippen LogP contribution in [-0.2, 0) is 16.6 Å². The molecule has 0 spiro atoms. The summed E-state index contributed by atoms with van der Waals surface area (Å²) in [4.78, 5) is 4.31. The lowest BCUT2D eigenvalue weighted by Crippen LogP contribution is -2.33. The number of nitrogens with zero attached hydrogens (tertiary/aromatic N) is 1. The predicted molar refractivity (Wildman–Crippen MR) is 106 cm³/mol. The molecule has 2 aromatic carbocycles. The van der Waals surface area contributed by atoms with Gasteiger partial charge in [-0.1, -0.05) is 12.1 Å². The molecule has 0 atom stereocenters. The van der Waals surface area contributed by atoms with Crippen LogP contribution in [0.1, 0.15) is 26.3 Å². The van der Waals surface area contributed by atoms with Crippen molar-refractivity contribution in [3.8, 4) is 0 Å². The second-order valence-electron chi connectivity index (χ2n) is 6.80. The second kappa shape index (κ2) is 6.65. The van der Waals surface area contributed by atoms with Crippen molar-refractivity contribution >= 4 is 43.0 Å². The lowest BCUT2D eigenvalue weighted by atomic mass is 10.2. The third kappa shape index (κ3) is 4.11. The summed E-state index contributed by atoms with van der Waals surface area (Å²) in [5.74, 6) is 0. The van der Waals surface area contributed by atoms with Crippen molar-refractivity contribution in [3.05, 3.63) is 53.5 Å². The van der Waals surface area contributed by atoms with Gasteiger partial charge in [-0.3, -0.25) is 4.72 Å². The number of rotatable bonds is 5. The SMILES string of the molecule is CC(C)(C)S(=O)(=O)Nc1ccc(CNc2ccc3scnc3c2)cc1. The van der Waals surface area contributed by atoms with Gasteiger partial charge in [0.15, 0.2) is 0 Å². The van der Waals surface area contributed by atoms with Gasteiger partial charge in [-0.25, -0.2) is 13.4 Å². The minimum atomic E-state index is -3.41. The van der Waals surface area contributed by atoms with E-state index in [1.54, 1.807) is 44.2 Å². The van der Waals surface area contributed by atoms with E-state index in [9.17, 15) is 8.42 Å². The lowest BCUT2D eigenvalue weighted by Gasteiger charge is -2.20. The van der Waals surface area contributed by atoms with Crippen molar-refractivity contribution in [1.29, 1.82) is 0 Å². The van der Waals surface area contributed by atoms with Gasteiger partial charge < -0.3 is 5.32 Å². The molecular weight excluding hydrogens is 354 g/mol. The molecule has 0 saturated carbocycles. The molecule has 0 aliphatic carbocycles. The number of fused-ring (bicyclic) bond motifs is 1. The molecule has 1 heterocycles. The first-order valence-electron chi connectivity index (χ1n) is 7.93. The van der Waals surface area contributed by atoms with Crippen molar-refractivity contribution in [1.82, 2.24) is 4.98 Å². The number of aromatic nitrogens is 1. The molecule has 0 bridgehead atoms. The minimum absolute atomic E-state index is 0.572. The van der Waals surface area contributed by atoms with Gasteiger partial charge >= 0.3 is 0 Å². The van der Waals surface area contributed by atoms with Crippen LogP contribution in [0.2, 0.25) is 0 Å². The van der Waals surface area contributed by atoms with Gasteiger partial charge in [0.05, 0.1) is 20.5 Å². The molecule has 0 saturated heterocycles. The molecule has 132 valence electrons. The van der Waals surface area contributed by atoms with Gasteiger partial charge in [0.2, 0.25) is 10.0 Å². The number of anilines is 2. The van der Waals surface area contributed by atoms with Gasteiger partial charge in [0, 0.05) is 17.9 Å². The van der Waals surface area contributed by atoms with Crippen LogP contribution in [0, 0.1) is 0 Å². The van der Waals surface area contributed by atoms with Crippen molar-refractivity contribution in [3.63, 3.8) is 0 Å². The van der Waals surface area contributed by atoms with E-state index >= 15 is 0 Å². The summed E-state index contributed by atoms with van der Waals surface area (Å²) in [5, 5.41) is 3.36. The van der Waals surface area contributed by atoms with E-state index in [-0.39, 0.29) is 0 Å². The van der Waals surface area contributed by atoms with E-state index in [4.69, 9.17) is 0 Å². The van der Waals surface area contributed by atoms with E-state index < -0.39 is 14.8 Å². The largest absolute Gasteiger partial charge is 0.381 e. The maximum Gasteiger partial charge on any atom is 0.237 e. The lowest BCUT2D eigenvalue weighted by molar-refractivity contribution is 0.566. The van der Waals surface area contributed by atoms with Crippen LogP contribution in [0.15, 0.2) is 48.0 Å². The molecule has 3 aromatic rings. The fourth-order valence-corrected chi connectivity index (χ4v) is 3.58. The third-order valence-electron chi connectivity index (χ3n) is 3.84. The molecule has 3 rings (SSSR count). The van der Waals surface area contributed by atoms with Crippen LogP contribution < -0.4 is 10.0 Å². The minimum Gasteiger partial charge on any atom is -0.381 e. The van der Waals surface area contributed by atoms with Gasteiger partial charge in [-0.2, -0.15) is 0 Å². The summed E-state index contributed by atoms with van der Waals surface area (Å²) in [7, 11) is -3.41. The zero-order chi connectivity index (χ0) is 18.1. The Morgan fingerprint density at radius 2 is 1.72 bits per heavy atom. The van der Waals surface area contributed by atoms with E-state index in [2.05, 4.69) is 21.1 Å². The summed E-state index contributed by atoms with van der Waals surface area (Å²) < 4.78 is 27.3. The van der Waals surface area contributed by atoms with Crippen LogP contribution in [0.4, 0.5) is 11.4 Å². The topological polar surface area (TPSA) is 71.1 Å². The smallest absolute Gasteiger partial charge is 0.237 e. The molecule has 0 fully saturated rings.